The van der Waals surface area contributed by atoms with Crippen LogP contribution in [0.15, 0.2) is 23.7 Å². The smallest absolute Gasteiger partial charge is 0.357 e. The third-order valence-corrected chi connectivity index (χ3v) is 2.75. The van der Waals surface area contributed by atoms with E-state index >= 15 is 0 Å². The van der Waals surface area contributed by atoms with E-state index in [1.54, 1.807) is 11.6 Å². The summed E-state index contributed by atoms with van der Waals surface area (Å²) in [6.07, 6.45) is 1.61. The lowest BCUT2D eigenvalue weighted by Crippen LogP contribution is -2.04. The molecular weight excluding hydrogens is 240 g/mol. The zero-order chi connectivity index (χ0) is 12.1. The molecule has 2 aromatic heterocycles. The molecule has 1 N–H and O–H groups in total. The van der Waals surface area contributed by atoms with Crippen LogP contribution in [0.25, 0.3) is 0 Å². The highest BCUT2D eigenvalue weighted by Gasteiger charge is 2.10. The van der Waals surface area contributed by atoms with E-state index in [4.69, 9.17) is 0 Å². The Hall–Kier alpha value is -2.02. The number of rotatable bonds is 4. The molecule has 2 rings (SSSR count). The topological polar surface area (TPSA) is 77.0 Å². The van der Waals surface area contributed by atoms with Crippen molar-refractivity contribution >= 4 is 22.4 Å². The summed E-state index contributed by atoms with van der Waals surface area (Å²) in [4.78, 5) is 15.3. The molecule has 0 spiro atoms. The molecular formula is C10H10N4O2S. The number of hydrogen-bond acceptors (Lipinski definition) is 7. The van der Waals surface area contributed by atoms with Crippen molar-refractivity contribution in [3.8, 4) is 0 Å². The summed E-state index contributed by atoms with van der Waals surface area (Å²) in [7, 11) is 1.33. The van der Waals surface area contributed by atoms with Crippen LogP contribution >= 0.6 is 11.3 Å². The fourth-order valence-electron chi connectivity index (χ4n) is 1.15. The highest BCUT2D eigenvalue weighted by Crippen LogP contribution is 2.16. The predicted molar refractivity (Wildman–Crippen MR) is 62.8 cm³/mol. The average molecular weight is 250 g/mol. The highest BCUT2D eigenvalue weighted by atomic mass is 32.1. The van der Waals surface area contributed by atoms with E-state index in [1.165, 1.54) is 18.4 Å². The molecule has 7 heteroatoms. The van der Waals surface area contributed by atoms with E-state index in [1.807, 2.05) is 12.1 Å². The monoisotopic (exact) mass is 250 g/mol. The normalized spacial score (nSPS) is 9.94. The van der Waals surface area contributed by atoms with Crippen LogP contribution in [0.5, 0.6) is 0 Å². The number of nitrogens with zero attached hydrogens (tertiary/aromatic N) is 3. The fraction of sp³-hybridized carbons (Fsp3) is 0.200. The van der Waals surface area contributed by atoms with E-state index < -0.39 is 5.97 Å². The molecule has 17 heavy (non-hydrogen) atoms. The van der Waals surface area contributed by atoms with Crippen LogP contribution in [-0.4, -0.2) is 28.3 Å². The molecule has 0 fully saturated rings. The zero-order valence-corrected chi connectivity index (χ0v) is 9.90. The minimum atomic E-state index is -0.436. The molecule has 2 aromatic rings. The number of carbonyl (C=O) groups is 1. The molecule has 0 saturated heterocycles. The number of hydrogen-bond donors (Lipinski definition) is 1. The van der Waals surface area contributed by atoms with Crippen molar-refractivity contribution in [1.29, 1.82) is 0 Å². The number of anilines is 1. The van der Waals surface area contributed by atoms with E-state index in [2.05, 4.69) is 25.2 Å². The first-order chi connectivity index (χ1) is 8.29. The van der Waals surface area contributed by atoms with Crippen molar-refractivity contribution in [2.75, 3.05) is 12.4 Å². The summed E-state index contributed by atoms with van der Waals surface area (Å²) < 4.78 is 4.57. The van der Waals surface area contributed by atoms with Gasteiger partial charge in [-0.1, -0.05) is 0 Å². The lowest BCUT2D eigenvalue weighted by atomic mass is 10.4. The first-order valence-electron chi connectivity index (χ1n) is 4.84. The Morgan fingerprint density at radius 2 is 2.47 bits per heavy atom. The van der Waals surface area contributed by atoms with Crippen molar-refractivity contribution in [3.63, 3.8) is 0 Å². The van der Waals surface area contributed by atoms with Gasteiger partial charge in [0.05, 0.1) is 19.3 Å². The second-order valence-electron chi connectivity index (χ2n) is 3.10. The van der Waals surface area contributed by atoms with Crippen molar-refractivity contribution in [3.05, 3.63) is 35.1 Å². The lowest BCUT2D eigenvalue weighted by molar-refractivity contribution is 0.0595. The standard InChI is InChI=1S/C10H10N4O2S/c1-16-9(15)8-6-17-10(13-8)11-5-7-3-2-4-12-14-7/h2-4,6H,5H2,1H3,(H,11,13). The number of esters is 1. The first kappa shape index (κ1) is 11.5. The van der Waals surface area contributed by atoms with Crippen LogP contribution in [0, 0.1) is 0 Å². The van der Waals surface area contributed by atoms with E-state index in [0.29, 0.717) is 17.4 Å². The molecule has 0 bridgehead atoms. The molecule has 0 saturated carbocycles. The third kappa shape index (κ3) is 2.97. The predicted octanol–water partition coefficient (Wildman–Crippen LogP) is 1.33. The molecule has 0 unspecified atom stereocenters. The van der Waals surface area contributed by atoms with E-state index in [9.17, 15) is 4.79 Å². The number of thiazole rings is 1. The Labute approximate surface area is 102 Å². The summed E-state index contributed by atoms with van der Waals surface area (Å²) in [5.41, 5.74) is 1.11. The maximum atomic E-state index is 11.2. The van der Waals surface area contributed by atoms with Gasteiger partial charge in [-0.15, -0.1) is 11.3 Å². The molecule has 0 aliphatic carbocycles. The number of nitrogens with one attached hydrogen (secondary N) is 1. The van der Waals surface area contributed by atoms with Crippen LogP contribution in [0.1, 0.15) is 16.2 Å². The van der Waals surface area contributed by atoms with Gasteiger partial charge in [0, 0.05) is 11.6 Å². The van der Waals surface area contributed by atoms with Gasteiger partial charge in [0.2, 0.25) is 0 Å². The van der Waals surface area contributed by atoms with Gasteiger partial charge in [0.15, 0.2) is 10.8 Å². The fourth-order valence-corrected chi connectivity index (χ4v) is 1.83. The quantitative estimate of drug-likeness (QED) is 0.825. The molecule has 0 aromatic carbocycles. The number of methoxy groups -OCH3 is 1. The van der Waals surface area contributed by atoms with Gasteiger partial charge >= 0.3 is 5.97 Å². The van der Waals surface area contributed by atoms with E-state index in [-0.39, 0.29) is 0 Å². The Morgan fingerprint density at radius 1 is 1.59 bits per heavy atom. The van der Waals surface area contributed by atoms with Gasteiger partial charge in [0.25, 0.3) is 0 Å². The molecule has 2 heterocycles. The third-order valence-electron chi connectivity index (χ3n) is 1.95. The van der Waals surface area contributed by atoms with Crippen LogP contribution in [0.3, 0.4) is 0 Å². The largest absolute Gasteiger partial charge is 0.464 e. The molecule has 0 amide bonds. The van der Waals surface area contributed by atoms with Crippen molar-refractivity contribution in [2.45, 2.75) is 6.54 Å². The van der Waals surface area contributed by atoms with Gasteiger partial charge in [-0.2, -0.15) is 10.2 Å². The van der Waals surface area contributed by atoms with Gasteiger partial charge in [0.1, 0.15) is 0 Å². The van der Waals surface area contributed by atoms with Crippen LogP contribution < -0.4 is 5.32 Å². The van der Waals surface area contributed by atoms with Gasteiger partial charge in [-0.25, -0.2) is 9.78 Å². The molecule has 0 radical (unpaired) electrons. The number of aromatic nitrogens is 3. The maximum Gasteiger partial charge on any atom is 0.357 e. The summed E-state index contributed by atoms with van der Waals surface area (Å²) in [5, 5.41) is 13.0. The summed E-state index contributed by atoms with van der Waals surface area (Å²) in [5.74, 6) is -0.436. The summed E-state index contributed by atoms with van der Waals surface area (Å²) in [6.45, 7) is 0.516. The zero-order valence-electron chi connectivity index (χ0n) is 9.08. The Bertz CT molecular complexity index is 500. The van der Waals surface area contributed by atoms with Gasteiger partial charge in [-0.05, 0) is 12.1 Å². The molecule has 6 nitrogen and oxygen atoms in total. The minimum Gasteiger partial charge on any atom is -0.464 e. The van der Waals surface area contributed by atoms with E-state index in [0.717, 1.165) is 5.69 Å². The molecule has 0 aliphatic rings. The molecule has 0 aliphatic heterocycles. The summed E-state index contributed by atoms with van der Waals surface area (Å²) >= 11 is 1.34. The molecule has 88 valence electrons. The molecule has 0 atom stereocenters. The van der Waals surface area contributed by atoms with Gasteiger partial charge < -0.3 is 10.1 Å². The van der Waals surface area contributed by atoms with Crippen LogP contribution in [-0.2, 0) is 11.3 Å². The van der Waals surface area contributed by atoms with Crippen molar-refractivity contribution < 1.29 is 9.53 Å². The average Bonchev–Trinajstić information content (AvgIpc) is 2.85. The first-order valence-corrected chi connectivity index (χ1v) is 5.72. The van der Waals surface area contributed by atoms with Gasteiger partial charge in [-0.3, -0.25) is 0 Å². The van der Waals surface area contributed by atoms with Crippen LogP contribution in [0.2, 0.25) is 0 Å². The summed E-state index contributed by atoms with van der Waals surface area (Å²) in [6, 6.07) is 3.67. The van der Waals surface area contributed by atoms with Crippen LogP contribution in [0.4, 0.5) is 5.13 Å². The number of ether oxygens (including phenoxy) is 1. The Morgan fingerprint density at radius 3 is 3.18 bits per heavy atom. The highest BCUT2D eigenvalue weighted by molar-refractivity contribution is 7.13. The second kappa shape index (κ2) is 5.35. The minimum absolute atomic E-state index is 0.305. The Kier molecular flexibility index (Phi) is 3.61. The number of carbonyl (C=O) groups excluding carboxylic acids is 1. The van der Waals surface area contributed by atoms with Crippen molar-refractivity contribution in [2.24, 2.45) is 0 Å². The SMILES string of the molecule is COC(=O)c1csc(NCc2cccnn2)n1. The maximum absolute atomic E-state index is 11.2. The second-order valence-corrected chi connectivity index (χ2v) is 3.96. The Balaban J connectivity index is 1.96. The lowest BCUT2D eigenvalue weighted by Gasteiger charge is -2.00. The van der Waals surface area contributed by atoms with Crippen molar-refractivity contribution in [1.82, 2.24) is 15.2 Å².